The highest BCUT2D eigenvalue weighted by Crippen LogP contribution is 2.11. The molecule has 0 bridgehead atoms. The van der Waals surface area contributed by atoms with E-state index in [9.17, 15) is 4.21 Å². The normalized spacial score (nSPS) is 12.9. The highest BCUT2D eigenvalue weighted by atomic mass is 79.9. The summed E-state index contributed by atoms with van der Waals surface area (Å²) in [5.41, 5.74) is 0. The van der Waals surface area contributed by atoms with Crippen LogP contribution in [-0.2, 0) is 9.23 Å². The van der Waals surface area contributed by atoms with Gasteiger partial charge in [0.1, 0.15) is 0 Å². The molecular weight excluding hydrogens is 272 g/mol. The van der Waals surface area contributed by atoms with Crippen molar-refractivity contribution >= 4 is 24.0 Å². The van der Waals surface area contributed by atoms with Gasteiger partial charge in [0.05, 0.1) is 9.23 Å². The van der Waals surface area contributed by atoms with Crippen LogP contribution in [0.3, 0.4) is 0 Å². The summed E-state index contributed by atoms with van der Waals surface area (Å²) in [6.45, 7) is 2.26. The number of halogens is 1. The van der Waals surface area contributed by atoms with Crippen LogP contribution in [0.2, 0.25) is 0 Å². The van der Waals surface area contributed by atoms with Gasteiger partial charge in [-0.15, -0.1) is 0 Å². The van der Waals surface area contributed by atoms with Crippen molar-refractivity contribution in [3.05, 3.63) is 0 Å². The van der Waals surface area contributed by atoms with Gasteiger partial charge in [0.2, 0.25) is 0 Å². The third-order valence-corrected chi connectivity index (χ3v) is 4.24. The molecule has 0 rings (SSSR count). The zero-order valence-corrected chi connectivity index (χ0v) is 12.4. The molecule has 0 aromatic heterocycles. The molecule has 0 aliphatic heterocycles. The summed E-state index contributed by atoms with van der Waals surface area (Å²) in [4.78, 5) is 0. The van der Waals surface area contributed by atoms with Crippen molar-refractivity contribution in [1.29, 1.82) is 0 Å². The zero-order chi connectivity index (χ0) is 11.4. The second kappa shape index (κ2) is 12.7. The Hall–Kier alpha value is 0.630. The number of rotatable bonds is 11. The standard InChI is InChI=1S/C12H25BrOS/c1-2-3-4-5-6-7-8-9-10-11-12-15(13)14/h2-12H2,1H3. The molecule has 1 nitrogen and oxygen atoms in total. The van der Waals surface area contributed by atoms with Crippen LogP contribution in [0.4, 0.5) is 0 Å². The molecule has 92 valence electrons. The maximum Gasteiger partial charge on any atom is 0.0895 e. The largest absolute Gasteiger partial charge is 0.247 e. The highest BCUT2D eigenvalue weighted by molar-refractivity contribution is 9.46. The van der Waals surface area contributed by atoms with E-state index >= 15 is 0 Å². The van der Waals surface area contributed by atoms with E-state index in [4.69, 9.17) is 0 Å². The van der Waals surface area contributed by atoms with Gasteiger partial charge in [-0.2, -0.15) is 0 Å². The van der Waals surface area contributed by atoms with Crippen molar-refractivity contribution in [2.75, 3.05) is 5.75 Å². The Morgan fingerprint density at radius 3 is 1.60 bits per heavy atom. The Kier molecular flexibility index (Phi) is 13.2. The zero-order valence-electron chi connectivity index (χ0n) is 9.97. The van der Waals surface area contributed by atoms with Crippen LogP contribution in [0.15, 0.2) is 0 Å². The average Bonchev–Trinajstić information content (AvgIpc) is 2.20. The van der Waals surface area contributed by atoms with Gasteiger partial charge in [0, 0.05) is 20.6 Å². The minimum absolute atomic E-state index is 0.766. The van der Waals surface area contributed by atoms with E-state index < -0.39 is 9.23 Å². The lowest BCUT2D eigenvalue weighted by Gasteiger charge is -2.01. The lowest BCUT2D eigenvalue weighted by Crippen LogP contribution is -1.88. The molecule has 0 amide bonds. The third kappa shape index (κ3) is 14.6. The van der Waals surface area contributed by atoms with Gasteiger partial charge >= 0.3 is 0 Å². The molecule has 0 aliphatic rings. The quantitative estimate of drug-likeness (QED) is 0.389. The maximum absolute atomic E-state index is 10.7. The predicted molar refractivity (Wildman–Crippen MR) is 73.8 cm³/mol. The molecule has 0 radical (unpaired) electrons. The predicted octanol–water partition coefficient (Wildman–Crippen LogP) is 4.97. The van der Waals surface area contributed by atoms with Crippen LogP contribution >= 0.6 is 14.8 Å². The Balaban J connectivity index is 2.89. The Morgan fingerprint density at radius 1 is 0.800 bits per heavy atom. The molecule has 0 saturated heterocycles. The van der Waals surface area contributed by atoms with E-state index in [-0.39, 0.29) is 0 Å². The van der Waals surface area contributed by atoms with Gasteiger partial charge in [0.15, 0.2) is 0 Å². The molecule has 0 heterocycles. The van der Waals surface area contributed by atoms with Crippen molar-refractivity contribution in [2.45, 2.75) is 71.1 Å². The molecule has 15 heavy (non-hydrogen) atoms. The average molecular weight is 297 g/mol. The first-order chi connectivity index (χ1) is 7.27. The molecular formula is C12H25BrOS. The lowest BCUT2D eigenvalue weighted by atomic mass is 10.1. The number of hydrogen-bond donors (Lipinski definition) is 0. The van der Waals surface area contributed by atoms with Crippen molar-refractivity contribution in [3.8, 4) is 0 Å². The summed E-state index contributed by atoms with van der Waals surface area (Å²) in [5.74, 6) is 0.816. The lowest BCUT2D eigenvalue weighted by molar-refractivity contribution is 0.562. The van der Waals surface area contributed by atoms with Crippen molar-refractivity contribution < 1.29 is 4.21 Å². The minimum atomic E-state index is -0.766. The van der Waals surface area contributed by atoms with Gasteiger partial charge in [-0.3, -0.25) is 0 Å². The summed E-state index contributed by atoms with van der Waals surface area (Å²) >= 11 is 3.06. The maximum atomic E-state index is 10.7. The van der Waals surface area contributed by atoms with Crippen LogP contribution in [0, 0.1) is 0 Å². The van der Waals surface area contributed by atoms with E-state index in [1.807, 2.05) is 0 Å². The monoisotopic (exact) mass is 296 g/mol. The second-order valence-corrected chi connectivity index (χ2v) is 7.33. The van der Waals surface area contributed by atoms with E-state index in [0.29, 0.717) is 0 Å². The Morgan fingerprint density at radius 2 is 1.20 bits per heavy atom. The van der Waals surface area contributed by atoms with Gasteiger partial charge in [-0.05, 0) is 6.42 Å². The van der Waals surface area contributed by atoms with Crippen LogP contribution in [-0.4, -0.2) is 9.96 Å². The smallest absolute Gasteiger partial charge is 0.0895 e. The summed E-state index contributed by atoms with van der Waals surface area (Å²) in [6.07, 6.45) is 13.4. The third-order valence-electron chi connectivity index (χ3n) is 2.66. The molecule has 0 fully saturated rings. The summed E-state index contributed by atoms with van der Waals surface area (Å²) in [6, 6.07) is 0. The molecule has 0 saturated carbocycles. The van der Waals surface area contributed by atoms with Gasteiger partial charge in [-0.1, -0.05) is 64.7 Å². The van der Waals surface area contributed by atoms with Gasteiger partial charge < -0.3 is 0 Å². The SMILES string of the molecule is CCCCCCCCCCCCS(=O)Br. The van der Waals surface area contributed by atoms with Crippen LogP contribution in [0.25, 0.3) is 0 Å². The fourth-order valence-electron chi connectivity index (χ4n) is 1.70. The summed E-state index contributed by atoms with van der Waals surface area (Å²) in [5, 5.41) is 0. The molecule has 3 heteroatoms. The van der Waals surface area contributed by atoms with Crippen molar-refractivity contribution in [2.24, 2.45) is 0 Å². The van der Waals surface area contributed by atoms with Crippen LogP contribution in [0.5, 0.6) is 0 Å². The topological polar surface area (TPSA) is 17.1 Å². The first kappa shape index (κ1) is 15.6. The molecule has 0 aromatic carbocycles. The molecule has 0 spiro atoms. The van der Waals surface area contributed by atoms with Gasteiger partial charge in [0.25, 0.3) is 0 Å². The fourth-order valence-corrected chi connectivity index (χ4v) is 2.82. The Bertz CT molecular complexity index is 151. The molecule has 0 aromatic rings. The number of hydrogen-bond acceptors (Lipinski definition) is 1. The van der Waals surface area contributed by atoms with E-state index in [2.05, 4.69) is 21.7 Å². The molecule has 0 aliphatic carbocycles. The van der Waals surface area contributed by atoms with Crippen molar-refractivity contribution in [1.82, 2.24) is 0 Å². The minimum Gasteiger partial charge on any atom is -0.247 e. The second-order valence-electron chi connectivity index (χ2n) is 4.18. The first-order valence-electron chi connectivity index (χ1n) is 6.32. The molecule has 0 N–H and O–H groups in total. The van der Waals surface area contributed by atoms with Crippen LogP contribution in [0.1, 0.15) is 71.1 Å². The molecule has 1 unspecified atom stereocenters. The summed E-state index contributed by atoms with van der Waals surface area (Å²) in [7, 11) is -0.766. The van der Waals surface area contributed by atoms with E-state index in [1.165, 1.54) is 57.8 Å². The summed E-state index contributed by atoms with van der Waals surface area (Å²) < 4.78 is 10.7. The number of unbranched alkanes of at least 4 members (excludes halogenated alkanes) is 9. The van der Waals surface area contributed by atoms with E-state index in [0.717, 1.165) is 12.2 Å². The fraction of sp³-hybridized carbons (Fsp3) is 1.00. The van der Waals surface area contributed by atoms with E-state index in [1.54, 1.807) is 0 Å². The Labute approximate surface area is 105 Å². The van der Waals surface area contributed by atoms with Crippen LogP contribution < -0.4 is 0 Å². The molecule has 1 atom stereocenters. The van der Waals surface area contributed by atoms with Gasteiger partial charge in [-0.25, -0.2) is 4.21 Å². The first-order valence-corrected chi connectivity index (χ1v) is 9.48. The van der Waals surface area contributed by atoms with Crippen molar-refractivity contribution in [3.63, 3.8) is 0 Å². The highest BCUT2D eigenvalue weighted by Gasteiger charge is 1.94.